The number of aliphatic imine (C=N–C) groups is 1. The third-order valence-corrected chi connectivity index (χ3v) is 3.77. The van der Waals surface area contributed by atoms with E-state index in [0.29, 0.717) is 0 Å². The van der Waals surface area contributed by atoms with Gasteiger partial charge in [0.15, 0.2) is 0 Å². The second kappa shape index (κ2) is 7.42. The van der Waals surface area contributed by atoms with Crippen LogP contribution in [0, 0.1) is 0 Å². The van der Waals surface area contributed by atoms with Gasteiger partial charge in [-0.3, -0.25) is 0 Å². The predicted octanol–water partition coefficient (Wildman–Crippen LogP) is 5.53. The monoisotopic (exact) mass is 313 g/mol. The maximum Gasteiger partial charge on any atom is 0.118 e. The Morgan fingerprint density at radius 2 is 1.33 bits per heavy atom. The summed E-state index contributed by atoms with van der Waals surface area (Å²) >= 11 is 0. The van der Waals surface area contributed by atoms with E-state index < -0.39 is 0 Å². The van der Waals surface area contributed by atoms with Crippen molar-refractivity contribution in [1.29, 1.82) is 0 Å². The molecule has 2 nitrogen and oxygen atoms in total. The van der Waals surface area contributed by atoms with Crippen LogP contribution in [0.5, 0.6) is 5.75 Å². The van der Waals surface area contributed by atoms with Crippen LogP contribution in [-0.4, -0.2) is 12.8 Å². The third kappa shape index (κ3) is 3.61. The first-order valence-electron chi connectivity index (χ1n) is 7.81. The van der Waals surface area contributed by atoms with Crippen molar-refractivity contribution in [2.45, 2.75) is 0 Å². The summed E-state index contributed by atoms with van der Waals surface area (Å²) in [7, 11) is 1.66. The summed E-state index contributed by atoms with van der Waals surface area (Å²) in [4.78, 5) is 4.84. The first kappa shape index (κ1) is 15.8. The highest BCUT2D eigenvalue weighted by Gasteiger charge is 2.11. The Labute approximate surface area is 142 Å². The lowest BCUT2D eigenvalue weighted by Crippen LogP contribution is -2.03. The molecule has 0 aliphatic rings. The van der Waals surface area contributed by atoms with Gasteiger partial charge in [0.1, 0.15) is 5.75 Å². The van der Waals surface area contributed by atoms with Gasteiger partial charge in [-0.2, -0.15) is 0 Å². The highest BCUT2D eigenvalue weighted by atomic mass is 16.5. The Hall–Kier alpha value is -3.13. The first-order valence-corrected chi connectivity index (χ1v) is 7.81. The minimum Gasteiger partial charge on any atom is -0.497 e. The maximum absolute atomic E-state index is 5.25. The molecule has 3 rings (SSSR count). The van der Waals surface area contributed by atoms with Crippen LogP contribution in [0.25, 0.3) is 5.57 Å². The SMILES string of the molecule is C=C(C(=Nc1ccccc1)c1ccc(OC)cc1)c1ccccc1. The van der Waals surface area contributed by atoms with E-state index in [4.69, 9.17) is 9.73 Å². The van der Waals surface area contributed by atoms with E-state index in [2.05, 4.69) is 6.58 Å². The molecule has 0 unspecified atom stereocenters. The minimum absolute atomic E-state index is 0.822. The second-order valence-corrected chi connectivity index (χ2v) is 5.37. The minimum atomic E-state index is 0.822. The summed E-state index contributed by atoms with van der Waals surface area (Å²) in [5.41, 5.74) is 4.72. The molecule has 3 aromatic rings. The van der Waals surface area contributed by atoms with Gasteiger partial charge in [-0.1, -0.05) is 55.1 Å². The van der Waals surface area contributed by atoms with Gasteiger partial charge in [0.2, 0.25) is 0 Å². The van der Waals surface area contributed by atoms with Crippen LogP contribution in [0.2, 0.25) is 0 Å². The largest absolute Gasteiger partial charge is 0.497 e. The molecule has 0 amide bonds. The molecule has 0 fully saturated rings. The molecule has 0 bridgehead atoms. The molecule has 0 aliphatic heterocycles. The molecular weight excluding hydrogens is 294 g/mol. The molecule has 24 heavy (non-hydrogen) atoms. The number of nitrogens with zero attached hydrogens (tertiary/aromatic N) is 1. The quantitative estimate of drug-likeness (QED) is 0.568. The lowest BCUT2D eigenvalue weighted by molar-refractivity contribution is 0.415. The molecule has 0 heterocycles. The number of para-hydroxylation sites is 1. The van der Waals surface area contributed by atoms with Crippen molar-refractivity contribution in [1.82, 2.24) is 0 Å². The van der Waals surface area contributed by atoms with Gasteiger partial charge in [0.25, 0.3) is 0 Å². The van der Waals surface area contributed by atoms with Gasteiger partial charge < -0.3 is 4.74 Å². The third-order valence-electron chi connectivity index (χ3n) is 3.77. The standard InChI is InChI=1S/C22H19NO/c1-17(18-9-5-3-6-10-18)22(23-20-11-7-4-8-12-20)19-13-15-21(24-2)16-14-19/h3-16H,1H2,2H3. The molecule has 0 saturated carbocycles. The zero-order valence-corrected chi connectivity index (χ0v) is 13.6. The molecule has 0 N–H and O–H groups in total. The van der Waals surface area contributed by atoms with Crippen LogP contribution in [-0.2, 0) is 0 Å². The van der Waals surface area contributed by atoms with E-state index in [9.17, 15) is 0 Å². The summed E-state index contributed by atoms with van der Waals surface area (Å²) in [6.45, 7) is 4.28. The fourth-order valence-electron chi connectivity index (χ4n) is 2.46. The van der Waals surface area contributed by atoms with Crippen LogP contribution in [0.1, 0.15) is 11.1 Å². The number of methoxy groups -OCH3 is 1. The van der Waals surface area contributed by atoms with Gasteiger partial charge in [0, 0.05) is 11.1 Å². The Morgan fingerprint density at radius 3 is 1.92 bits per heavy atom. The Bertz CT molecular complexity index is 834. The normalized spacial score (nSPS) is 11.1. The molecule has 0 saturated heterocycles. The summed E-state index contributed by atoms with van der Waals surface area (Å²) in [6, 6.07) is 27.9. The van der Waals surface area contributed by atoms with E-state index in [1.165, 1.54) is 0 Å². The predicted molar refractivity (Wildman–Crippen MR) is 101 cm³/mol. The van der Waals surface area contributed by atoms with Crippen LogP contribution in [0.3, 0.4) is 0 Å². The van der Waals surface area contributed by atoms with E-state index in [0.717, 1.165) is 33.8 Å². The number of allylic oxidation sites excluding steroid dienone is 1. The Kier molecular flexibility index (Phi) is 4.87. The van der Waals surface area contributed by atoms with Gasteiger partial charge in [-0.05, 0) is 42.0 Å². The molecule has 0 spiro atoms. The summed E-state index contributed by atoms with van der Waals surface area (Å²) in [5, 5.41) is 0. The zero-order valence-electron chi connectivity index (χ0n) is 13.6. The van der Waals surface area contributed by atoms with E-state index in [1.54, 1.807) is 7.11 Å². The van der Waals surface area contributed by atoms with Gasteiger partial charge in [-0.15, -0.1) is 0 Å². The zero-order chi connectivity index (χ0) is 16.8. The van der Waals surface area contributed by atoms with Crippen molar-refractivity contribution >= 4 is 17.0 Å². The number of benzene rings is 3. The molecule has 0 aliphatic carbocycles. The number of rotatable bonds is 5. The van der Waals surface area contributed by atoms with Gasteiger partial charge in [0.05, 0.1) is 18.5 Å². The highest BCUT2D eigenvalue weighted by Crippen LogP contribution is 2.24. The van der Waals surface area contributed by atoms with Crippen molar-refractivity contribution in [2.24, 2.45) is 4.99 Å². The number of hydrogen-bond donors (Lipinski definition) is 0. The summed E-state index contributed by atoms with van der Waals surface area (Å²) in [5.74, 6) is 0.822. The molecule has 0 atom stereocenters. The molecule has 0 aromatic heterocycles. The van der Waals surface area contributed by atoms with Crippen LogP contribution >= 0.6 is 0 Å². The van der Waals surface area contributed by atoms with Crippen molar-refractivity contribution in [3.8, 4) is 5.75 Å². The maximum atomic E-state index is 5.25. The van der Waals surface area contributed by atoms with Crippen molar-refractivity contribution in [3.05, 3.63) is 103 Å². The lowest BCUT2D eigenvalue weighted by Gasteiger charge is -2.12. The summed E-state index contributed by atoms with van der Waals surface area (Å²) in [6.07, 6.45) is 0. The molecule has 0 radical (unpaired) electrons. The van der Waals surface area contributed by atoms with Crippen molar-refractivity contribution in [2.75, 3.05) is 7.11 Å². The molecule has 3 aromatic carbocycles. The average Bonchev–Trinajstić information content (AvgIpc) is 2.67. The van der Waals surface area contributed by atoms with Crippen LogP contribution in [0.15, 0.2) is 96.5 Å². The van der Waals surface area contributed by atoms with Crippen LogP contribution in [0.4, 0.5) is 5.69 Å². The Balaban J connectivity index is 2.06. The number of hydrogen-bond acceptors (Lipinski definition) is 2. The number of ether oxygens (including phenoxy) is 1. The fraction of sp³-hybridized carbons (Fsp3) is 0.0455. The topological polar surface area (TPSA) is 21.6 Å². The van der Waals surface area contributed by atoms with E-state index >= 15 is 0 Å². The van der Waals surface area contributed by atoms with Gasteiger partial charge in [-0.25, -0.2) is 4.99 Å². The summed E-state index contributed by atoms with van der Waals surface area (Å²) < 4.78 is 5.25. The van der Waals surface area contributed by atoms with Gasteiger partial charge >= 0.3 is 0 Å². The van der Waals surface area contributed by atoms with E-state index in [1.807, 2.05) is 84.9 Å². The Morgan fingerprint density at radius 1 is 0.750 bits per heavy atom. The lowest BCUT2D eigenvalue weighted by atomic mass is 9.97. The molecular formula is C22H19NO. The fourth-order valence-corrected chi connectivity index (χ4v) is 2.46. The smallest absolute Gasteiger partial charge is 0.118 e. The second-order valence-electron chi connectivity index (χ2n) is 5.37. The molecule has 118 valence electrons. The first-order chi connectivity index (χ1) is 11.8. The van der Waals surface area contributed by atoms with E-state index in [-0.39, 0.29) is 0 Å². The molecule has 2 heteroatoms. The van der Waals surface area contributed by atoms with Crippen molar-refractivity contribution in [3.63, 3.8) is 0 Å². The van der Waals surface area contributed by atoms with Crippen molar-refractivity contribution < 1.29 is 4.74 Å². The average molecular weight is 313 g/mol. The van der Waals surface area contributed by atoms with Crippen LogP contribution < -0.4 is 4.74 Å². The highest BCUT2D eigenvalue weighted by molar-refractivity contribution is 6.31.